The minimum Gasteiger partial charge on any atom is -0.475 e. The number of pyridine rings is 2. The first kappa shape index (κ1) is 24.4. The predicted octanol–water partition coefficient (Wildman–Crippen LogP) is 3.85. The van der Waals surface area contributed by atoms with Crippen LogP contribution in [0.25, 0.3) is 16.7 Å². The number of hydrogen-bond acceptors (Lipinski definition) is 8. The van der Waals surface area contributed by atoms with Crippen LogP contribution in [0.4, 0.5) is 10.1 Å². The van der Waals surface area contributed by atoms with Crippen molar-refractivity contribution in [2.75, 3.05) is 24.7 Å². The van der Waals surface area contributed by atoms with Gasteiger partial charge in [-0.2, -0.15) is 0 Å². The van der Waals surface area contributed by atoms with Crippen LogP contribution in [-0.2, 0) is 4.74 Å². The Bertz CT molecular complexity index is 1510. The fourth-order valence-corrected chi connectivity index (χ4v) is 4.64. The molecule has 1 saturated heterocycles. The fourth-order valence-electron chi connectivity index (χ4n) is 4.64. The fraction of sp³-hybridized carbons (Fsp3) is 0.296. The van der Waals surface area contributed by atoms with Crippen molar-refractivity contribution in [2.24, 2.45) is 0 Å². The quantitative estimate of drug-likeness (QED) is 0.351. The third kappa shape index (κ3) is 4.74. The van der Waals surface area contributed by atoms with Gasteiger partial charge in [0.05, 0.1) is 35.4 Å². The molecule has 1 unspecified atom stereocenters. The number of anilines is 1. The molecule has 1 fully saturated rings. The third-order valence-corrected chi connectivity index (χ3v) is 6.42. The molecule has 1 aliphatic rings. The number of aromatic nitrogens is 4. The molecule has 5 rings (SSSR count). The first-order valence-corrected chi connectivity index (χ1v) is 12.1. The van der Waals surface area contributed by atoms with E-state index >= 15 is 4.39 Å². The van der Waals surface area contributed by atoms with E-state index in [1.807, 2.05) is 24.0 Å². The minimum atomic E-state index is -0.780. The van der Waals surface area contributed by atoms with Gasteiger partial charge in [-0.3, -0.25) is 14.3 Å². The van der Waals surface area contributed by atoms with Crippen LogP contribution in [0.15, 0.2) is 60.0 Å². The van der Waals surface area contributed by atoms with Crippen molar-refractivity contribution in [1.29, 1.82) is 0 Å². The number of carbonyl (C=O) groups is 1. The molecule has 0 spiro atoms. The summed E-state index contributed by atoms with van der Waals surface area (Å²) in [7, 11) is 0. The van der Waals surface area contributed by atoms with Crippen LogP contribution in [-0.4, -0.2) is 51.3 Å². The van der Waals surface area contributed by atoms with Crippen LogP contribution in [0, 0.1) is 12.7 Å². The highest BCUT2D eigenvalue weighted by molar-refractivity contribution is 5.95. The number of halogens is 1. The van der Waals surface area contributed by atoms with Gasteiger partial charge in [-0.05, 0) is 44.9 Å². The first-order valence-electron chi connectivity index (χ1n) is 12.1. The highest BCUT2D eigenvalue weighted by Crippen LogP contribution is 2.32. The number of esters is 1. The Morgan fingerprint density at radius 3 is 2.84 bits per heavy atom. The molecule has 0 aliphatic carbocycles. The van der Waals surface area contributed by atoms with Gasteiger partial charge in [-0.25, -0.2) is 19.2 Å². The summed E-state index contributed by atoms with van der Waals surface area (Å²) in [6, 6.07) is 6.50. The van der Waals surface area contributed by atoms with Crippen molar-refractivity contribution < 1.29 is 18.7 Å². The lowest BCUT2D eigenvalue weighted by atomic mass is 10.1. The molecule has 0 bridgehead atoms. The standard InChI is InChI=1S/C27H26FN5O4/c1-3-36-27(35)20-15-33(24-14-29-9-10-30-24)22-13-23(21(28)12-19(22)25(20)34)32-11-5-7-18(32)16-37-26-17(2)6-4-8-31-26/h4,6,8-10,12-15,18H,3,5,7,11,16H2,1-2H3. The molecule has 190 valence electrons. The summed E-state index contributed by atoms with van der Waals surface area (Å²) in [5.74, 6) is -0.408. The number of rotatable bonds is 7. The second-order valence-corrected chi connectivity index (χ2v) is 8.77. The molecule has 9 nitrogen and oxygen atoms in total. The van der Waals surface area contributed by atoms with Crippen molar-refractivity contribution in [3.8, 4) is 11.7 Å². The van der Waals surface area contributed by atoms with Gasteiger partial charge in [-0.15, -0.1) is 0 Å². The Kier molecular flexibility index (Phi) is 6.80. The van der Waals surface area contributed by atoms with Crippen LogP contribution < -0.4 is 15.1 Å². The van der Waals surface area contributed by atoms with Crippen molar-refractivity contribution in [3.63, 3.8) is 0 Å². The lowest BCUT2D eigenvalue weighted by Crippen LogP contribution is -2.35. The molecule has 1 aliphatic heterocycles. The van der Waals surface area contributed by atoms with Crippen molar-refractivity contribution in [1.82, 2.24) is 19.5 Å². The van der Waals surface area contributed by atoms with Crippen molar-refractivity contribution in [3.05, 3.63) is 82.4 Å². The lowest BCUT2D eigenvalue weighted by molar-refractivity contribution is 0.0524. The van der Waals surface area contributed by atoms with Crippen molar-refractivity contribution in [2.45, 2.75) is 32.7 Å². The zero-order valence-corrected chi connectivity index (χ0v) is 20.6. The molecule has 1 aromatic carbocycles. The summed E-state index contributed by atoms with van der Waals surface area (Å²) < 4.78 is 28.2. The van der Waals surface area contributed by atoms with Gasteiger partial charge in [0.25, 0.3) is 0 Å². The van der Waals surface area contributed by atoms with E-state index in [-0.39, 0.29) is 23.6 Å². The maximum absolute atomic E-state index is 15.6. The van der Waals surface area contributed by atoms with Gasteiger partial charge in [0.1, 0.15) is 18.0 Å². The van der Waals surface area contributed by atoms with Crippen LogP contribution in [0.2, 0.25) is 0 Å². The molecule has 37 heavy (non-hydrogen) atoms. The molecule has 0 amide bonds. The zero-order valence-electron chi connectivity index (χ0n) is 20.6. The molecule has 0 N–H and O–H groups in total. The van der Waals surface area contributed by atoms with Gasteiger partial charge in [0, 0.05) is 36.9 Å². The van der Waals surface area contributed by atoms with Gasteiger partial charge in [-0.1, -0.05) is 6.07 Å². The number of ether oxygens (including phenoxy) is 2. The Morgan fingerprint density at radius 1 is 1.22 bits per heavy atom. The van der Waals surface area contributed by atoms with Crippen LogP contribution in [0.1, 0.15) is 35.7 Å². The van der Waals surface area contributed by atoms with Crippen LogP contribution >= 0.6 is 0 Å². The average Bonchev–Trinajstić information content (AvgIpc) is 3.37. The number of benzene rings is 1. The Balaban J connectivity index is 1.58. The van der Waals surface area contributed by atoms with E-state index in [0.29, 0.717) is 36.1 Å². The van der Waals surface area contributed by atoms with E-state index in [1.165, 1.54) is 30.9 Å². The van der Waals surface area contributed by atoms with Gasteiger partial charge >= 0.3 is 5.97 Å². The largest absolute Gasteiger partial charge is 0.475 e. The molecule has 4 aromatic rings. The number of nitrogens with zero attached hydrogens (tertiary/aromatic N) is 5. The second-order valence-electron chi connectivity index (χ2n) is 8.77. The second kappa shape index (κ2) is 10.3. The number of hydrogen-bond donors (Lipinski definition) is 0. The average molecular weight is 504 g/mol. The summed E-state index contributed by atoms with van der Waals surface area (Å²) >= 11 is 0. The SMILES string of the molecule is CCOC(=O)c1cn(-c2cnccn2)c2cc(N3CCCC3COc3ncccc3C)c(F)cc2c1=O. The Morgan fingerprint density at radius 2 is 2.08 bits per heavy atom. The van der Waals surface area contributed by atoms with Crippen molar-refractivity contribution >= 4 is 22.6 Å². The molecule has 4 heterocycles. The summed E-state index contributed by atoms with van der Waals surface area (Å²) in [6.07, 6.45) is 9.26. The molecule has 1 atom stereocenters. The van der Waals surface area contributed by atoms with Gasteiger partial charge < -0.3 is 14.4 Å². The van der Waals surface area contributed by atoms with Gasteiger partial charge in [0.2, 0.25) is 11.3 Å². The smallest absolute Gasteiger partial charge is 0.343 e. The molecular formula is C27H26FN5O4. The highest BCUT2D eigenvalue weighted by Gasteiger charge is 2.29. The maximum Gasteiger partial charge on any atom is 0.343 e. The minimum absolute atomic E-state index is 0.0496. The van der Waals surface area contributed by atoms with Gasteiger partial charge in [0.15, 0.2) is 5.82 Å². The molecule has 3 aromatic heterocycles. The van der Waals surface area contributed by atoms with E-state index in [2.05, 4.69) is 15.0 Å². The van der Waals surface area contributed by atoms with E-state index in [0.717, 1.165) is 18.4 Å². The zero-order chi connectivity index (χ0) is 25.9. The van der Waals surface area contributed by atoms with E-state index in [9.17, 15) is 9.59 Å². The maximum atomic E-state index is 15.6. The predicted molar refractivity (Wildman–Crippen MR) is 136 cm³/mol. The number of aryl methyl sites for hydroxylation is 1. The summed E-state index contributed by atoms with van der Waals surface area (Å²) in [6.45, 7) is 4.65. The van der Waals surface area contributed by atoms with Crippen LogP contribution in [0.5, 0.6) is 5.88 Å². The summed E-state index contributed by atoms with van der Waals surface area (Å²) in [5.41, 5.74) is 0.866. The van der Waals surface area contributed by atoms with E-state index < -0.39 is 17.2 Å². The van der Waals surface area contributed by atoms with E-state index in [1.54, 1.807) is 23.8 Å². The monoisotopic (exact) mass is 503 g/mol. The Hall–Kier alpha value is -4.34. The summed E-state index contributed by atoms with van der Waals surface area (Å²) in [5, 5.41) is 0.0496. The Labute approximate surface area is 212 Å². The highest BCUT2D eigenvalue weighted by atomic mass is 19.1. The summed E-state index contributed by atoms with van der Waals surface area (Å²) in [4.78, 5) is 40.4. The topological polar surface area (TPSA) is 99.4 Å². The lowest BCUT2D eigenvalue weighted by Gasteiger charge is -2.28. The van der Waals surface area contributed by atoms with Crippen LogP contribution in [0.3, 0.4) is 0 Å². The molecule has 10 heteroatoms. The molecule has 0 saturated carbocycles. The third-order valence-electron chi connectivity index (χ3n) is 6.42. The molecule has 0 radical (unpaired) electrons. The van der Waals surface area contributed by atoms with E-state index in [4.69, 9.17) is 9.47 Å². The normalized spacial score (nSPS) is 15.2. The first-order chi connectivity index (χ1) is 18.0. The number of fused-ring (bicyclic) bond motifs is 1. The molecular weight excluding hydrogens is 477 g/mol. The number of carbonyl (C=O) groups excluding carboxylic acids is 1.